The Bertz CT molecular complexity index is 526. The van der Waals surface area contributed by atoms with Crippen molar-refractivity contribution in [2.24, 2.45) is 0 Å². The Morgan fingerprint density at radius 1 is 0.857 bits per heavy atom. The van der Waals surface area contributed by atoms with Gasteiger partial charge in [0.05, 0.1) is 12.0 Å². The zero-order valence-corrected chi connectivity index (χ0v) is 14.5. The Kier molecular flexibility index (Phi) is 7.19. The molecule has 0 N–H and O–H groups in total. The van der Waals surface area contributed by atoms with Gasteiger partial charge in [-0.2, -0.15) is 11.8 Å². The number of ether oxygens (including phenoxy) is 1. The minimum absolute atomic E-state index is 0.811. The van der Waals surface area contributed by atoms with E-state index in [0.717, 1.165) is 28.1 Å². The number of benzene rings is 2. The second kappa shape index (κ2) is 9.18. The van der Waals surface area contributed by atoms with E-state index in [1.165, 1.54) is 16.9 Å². The molecule has 2 aromatic rings. The van der Waals surface area contributed by atoms with Crippen molar-refractivity contribution in [1.29, 1.82) is 0 Å². The van der Waals surface area contributed by atoms with Gasteiger partial charge in [-0.25, -0.2) is 0 Å². The lowest BCUT2D eigenvalue weighted by Gasteiger charge is -2.07. The normalized spacial score (nSPS) is 10.4. The van der Waals surface area contributed by atoms with Gasteiger partial charge in [-0.15, -0.1) is 11.8 Å². The van der Waals surface area contributed by atoms with Crippen LogP contribution in [0.25, 0.3) is 0 Å². The van der Waals surface area contributed by atoms with Crippen molar-refractivity contribution in [3.63, 3.8) is 0 Å². The number of rotatable bonds is 8. The first kappa shape index (κ1) is 16.5. The predicted octanol–water partition coefficient (Wildman–Crippen LogP) is 5.94. The molecule has 0 fully saturated rings. The largest absolute Gasteiger partial charge is 0.457 e. The Labute approximate surface area is 139 Å². The monoisotopic (exact) mass is 338 g/mol. The zero-order chi connectivity index (χ0) is 14.9. The van der Waals surface area contributed by atoms with Gasteiger partial charge in [0.2, 0.25) is 0 Å². The molecule has 0 spiro atoms. The highest BCUT2D eigenvalue weighted by molar-refractivity contribution is 8.16. The summed E-state index contributed by atoms with van der Waals surface area (Å²) < 4.78 is 11.1. The van der Waals surface area contributed by atoms with E-state index in [4.69, 9.17) is 8.92 Å². The van der Waals surface area contributed by atoms with Crippen LogP contribution in [0.5, 0.6) is 17.2 Å². The molecule has 112 valence electrons. The first-order valence-corrected chi connectivity index (χ1v) is 9.90. The minimum Gasteiger partial charge on any atom is -0.457 e. The Balaban J connectivity index is 1.90. The number of hydrogen-bond acceptors (Lipinski definition) is 5. The van der Waals surface area contributed by atoms with Gasteiger partial charge in [0.25, 0.3) is 0 Å². The van der Waals surface area contributed by atoms with Crippen LogP contribution in [0.3, 0.4) is 0 Å². The standard InChI is InChI=1S/C16H18O2S3/c1-3-20-12-21-16-10-8-14(9-11-16)17-13-4-6-15(7-5-13)18-19-2/h4-11H,3,12H2,1-2H3. The molecule has 0 amide bonds. The van der Waals surface area contributed by atoms with Gasteiger partial charge < -0.3 is 8.92 Å². The van der Waals surface area contributed by atoms with E-state index in [-0.39, 0.29) is 0 Å². The number of hydrogen-bond donors (Lipinski definition) is 0. The van der Waals surface area contributed by atoms with Crippen LogP contribution in [0.15, 0.2) is 53.4 Å². The smallest absolute Gasteiger partial charge is 0.137 e. The summed E-state index contributed by atoms with van der Waals surface area (Å²) in [5, 5.41) is 1.09. The maximum atomic E-state index is 5.82. The Hall–Kier alpha value is -0.910. The van der Waals surface area contributed by atoms with Crippen LogP contribution < -0.4 is 8.92 Å². The van der Waals surface area contributed by atoms with E-state index in [0.29, 0.717) is 0 Å². The fraction of sp³-hybridized carbons (Fsp3) is 0.250. The average Bonchev–Trinajstić information content (AvgIpc) is 2.51. The maximum Gasteiger partial charge on any atom is 0.137 e. The SMILES string of the molecule is CCSCSc1ccc(Oc2ccc(OSC)cc2)cc1. The van der Waals surface area contributed by atoms with E-state index < -0.39 is 0 Å². The second-order valence-electron chi connectivity index (χ2n) is 4.05. The molecular formula is C16H18O2S3. The van der Waals surface area contributed by atoms with Crippen molar-refractivity contribution in [2.45, 2.75) is 11.8 Å². The van der Waals surface area contributed by atoms with Crippen molar-refractivity contribution in [2.75, 3.05) is 17.1 Å². The van der Waals surface area contributed by atoms with Crippen LogP contribution in [-0.4, -0.2) is 17.1 Å². The summed E-state index contributed by atoms with van der Waals surface area (Å²) >= 11 is 5.12. The van der Waals surface area contributed by atoms with Crippen molar-refractivity contribution >= 4 is 35.6 Å². The predicted molar refractivity (Wildman–Crippen MR) is 96.0 cm³/mol. The first-order chi connectivity index (χ1) is 10.3. The number of thioether (sulfide) groups is 2. The Morgan fingerprint density at radius 2 is 1.43 bits per heavy atom. The van der Waals surface area contributed by atoms with Crippen LogP contribution in [0.2, 0.25) is 0 Å². The second-order valence-corrected chi connectivity index (χ2v) is 7.24. The summed E-state index contributed by atoms with van der Waals surface area (Å²) in [4.78, 5) is 1.27. The lowest BCUT2D eigenvalue weighted by atomic mass is 10.3. The topological polar surface area (TPSA) is 18.5 Å². The fourth-order valence-corrected chi connectivity index (χ4v) is 3.77. The fourth-order valence-electron chi connectivity index (χ4n) is 1.59. The van der Waals surface area contributed by atoms with Crippen molar-refractivity contribution in [1.82, 2.24) is 0 Å². The maximum absolute atomic E-state index is 5.82. The van der Waals surface area contributed by atoms with Gasteiger partial charge in [0, 0.05) is 16.2 Å². The molecule has 0 unspecified atom stereocenters. The van der Waals surface area contributed by atoms with Crippen LogP contribution in [0.1, 0.15) is 6.92 Å². The summed E-state index contributed by atoms with van der Waals surface area (Å²) in [7, 11) is 0. The quantitative estimate of drug-likeness (QED) is 0.256. The van der Waals surface area contributed by atoms with E-state index in [1.807, 2.05) is 66.2 Å². The van der Waals surface area contributed by atoms with Crippen LogP contribution >= 0.6 is 35.6 Å². The van der Waals surface area contributed by atoms with Crippen LogP contribution in [0, 0.1) is 0 Å². The van der Waals surface area contributed by atoms with Gasteiger partial charge in [-0.05, 0) is 54.3 Å². The molecule has 0 heterocycles. The third kappa shape index (κ3) is 5.77. The summed E-state index contributed by atoms with van der Waals surface area (Å²) in [5.41, 5.74) is 0. The molecule has 0 radical (unpaired) electrons. The molecule has 0 saturated carbocycles. The highest BCUT2D eigenvalue weighted by Crippen LogP contribution is 2.28. The molecule has 0 aliphatic carbocycles. The third-order valence-corrected chi connectivity index (χ3v) is 5.09. The van der Waals surface area contributed by atoms with Gasteiger partial charge in [-0.3, -0.25) is 0 Å². The lowest BCUT2D eigenvalue weighted by molar-refractivity contribution is 0.481. The van der Waals surface area contributed by atoms with Crippen molar-refractivity contribution < 1.29 is 8.92 Å². The van der Waals surface area contributed by atoms with E-state index in [1.54, 1.807) is 0 Å². The molecule has 0 saturated heterocycles. The molecule has 0 aromatic heterocycles. The molecule has 0 bridgehead atoms. The van der Waals surface area contributed by atoms with Crippen LogP contribution in [0.4, 0.5) is 0 Å². The highest BCUT2D eigenvalue weighted by atomic mass is 32.2. The molecular weight excluding hydrogens is 320 g/mol. The molecule has 2 rings (SSSR count). The molecule has 5 heteroatoms. The van der Waals surface area contributed by atoms with Gasteiger partial charge in [0.15, 0.2) is 0 Å². The lowest BCUT2D eigenvalue weighted by Crippen LogP contribution is -1.85. The molecule has 21 heavy (non-hydrogen) atoms. The van der Waals surface area contributed by atoms with E-state index in [2.05, 4.69) is 19.1 Å². The van der Waals surface area contributed by atoms with E-state index >= 15 is 0 Å². The molecule has 0 aliphatic heterocycles. The van der Waals surface area contributed by atoms with Crippen molar-refractivity contribution in [3.8, 4) is 17.2 Å². The van der Waals surface area contributed by atoms with Gasteiger partial charge >= 0.3 is 0 Å². The first-order valence-electron chi connectivity index (χ1n) is 6.61. The molecule has 0 atom stereocenters. The van der Waals surface area contributed by atoms with Gasteiger partial charge in [0.1, 0.15) is 17.2 Å². The highest BCUT2D eigenvalue weighted by Gasteiger charge is 2.00. The minimum atomic E-state index is 0.811. The molecule has 2 aromatic carbocycles. The average molecular weight is 339 g/mol. The summed E-state index contributed by atoms with van der Waals surface area (Å²) in [5.74, 6) is 3.64. The Morgan fingerprint density at radius 3 is 2.00 bits per heavy atom. The molecule has 0 aliphatic rings. The van der Waals surface area contributed by atoms with Crippen LogP contribution in [-0.2, 0) is 0 Å². The summed E-state index contributed by atoms with van der Waals surface area (Å²) in [6.07, 6.45) is 1.89. The van der Waals surface area contributed by atoms with E-state index in [9.17, 15) is 0 Å². The molecule has 2 nitrogen and oxygen atoms in total. The summed E-state index contributed by atoms with van der Waals surface area (Å²) in [6, 6.07) is 15.8. The zero-order valence-electron chi connectivity index (χ0n) is 12.1. The summed E-state index contributed by atoms with van der Waals surface area (Å²) in [6.45, 7) is 2.18. The van der Waals surface area contributed by atoms with Gasteiger partial charge in [-0.1, -0.05) is 6.92 Å². The third-order valence-electron chi connectivity index (χ3n) is 2.58. The van der Waals surface area contributed by atoms with Crippen molar-refractivity contribution in [3.05, 3.63) is 48.5 Å².